The number of nitrogens with zero attached hydrogens (tertiary/aromatic N) is 1. The predicted octanol–water partition coefficient (Wildman–Crippen LogP) is 2.12. The van der Waals surface area contributed by atoms with Crippen LogP contribution in [0.25, 0.3) is 0 Å². The third-order valence-corrected chi connectivity index (χ3v) is 5.46. The molecule has 0 saturated heterocycles. The van der Waals surface area contributed by atoms with Gasteiger partial charge in [0, 0.05) is 13.1 Å². The van der Waals surface area contributed by atoms with Gasteiger partial charge in [0.1, 0.15) is 5.75 Å². The lowest BCUT2D eigenvalue weighted by Gasteiger charge is -2.19. The molecule has 2 rings (SSSR count). The van der Waals surface area contributed by atoms with Gasteiger partial charge >= 0.3 is 0 Å². The van der Waals surface area contributed by atoms with Crippen molar-refractivity contribution in [1.82, 2.24) is 9.62 Å². The molecule has 0 spiro atoms. The quantitative estimate of drug-likeness (QED) is 0.712. The maximum atomic E-state index is 12.2. The van der Waals surface area contributed by atoms with Crippen LogP contribution in [0.5, 0.6) is 5.75 Å². The van der Waals surface area contributed by atoms with Gasteiger partial charge in [0.05, 0.1) is 19.9 Å². The number of methoxy groups -OCH3 is 1. The first-order valence-electron chi connectivity index (χ1n) is 8.68. The fourth-order valence-electron chi connectivity index (χ4n) is 2.53. The van der Waals surface area contributed by atoms with E-state index >= 15 is 0 Å². The standard InChI is InChI=1S/C20H26N2O4S/c1-16-4-6-18(7-5-16)14-21-20(23)15-22(27(3,24)25)13-12-17-8-10-19(26-2)11-9-17/h4-11H,12-15H2,1-3H3,(H,21,23). The van der Waals surface area contributed by atoms with Crippen molar-refractivity contribution in [1.29, 1.82) is 0 Å². The summed E-state index contributed by atoms with van der Waals surface area (Å²) in [4.78, 5) is 12.2. The second-order valence-electron chi connectivity index (χ2n) is 6.46. The van der Waals surface area contributed by atoms with Gasteiger partial charge in [0.25, 0.3) is 0 Å². The second kappa shape index (κ2) is 9.53. The van der Waals surface area contributed by atoms with Crippen molar-refractivity contribution in [3.63, 3.8) is 0 Å². The minimum Gasteiger partial charge on any atom is -0.497 e. The van der Waals surface area contributed by atoms with Gasteiger partial charge in [-0.3, -0.25) is 4.79 Å². The minimum absolute atomic E-state index is 0.194. The number of hydrogen-bond acceptors (Lipinski definition) is 4. The number of aryl methyl sites for hydroxylation is 1. The largest absolute Gasteiger partial charge is 0.497 e. The van der Waals surface area contributed by atoms with E-state index in [9.17, 15) is 13.2 Å². The number of carbonyl (C=O) groups excluding carboxylic acids is 1. The van der Waals surface area contributed by atoms with Gasteiger partial charge in [0.2, 0.25) is 15.9 Å². The molecular weight excluding hydrogens is 364 g/mol. The molecule has 7 heteroatoms. The van der Waals surface area contributed by atoms with Crippen LogP contribution in [-0.4, -0.2) is 45.1 Å². The van der Waals surface area contributed by atoms with Gasteiger partial charge in [-0.2, -0.15) is 4.31 Å². The SMILES string of the molecule is COc1ccc(CCN(CC(=O)NCc2ccc(C)cc2)S(C)(=O)=O)cc1. The number of benzene rings is 2. The number of sulfonamides is 1. The Labute approximate surface area is 161 Å². The van der Waals surface area contributed by atoms with Crippen LogP contribution in [0.3, 0.4) is 0 Å². The number of ether oxygens (including phenoxy) is 1. The van der Waals surface area contributed by atoms with Crippen molar-refractivity contribution in [2.45, 2.75) is 19.9 Å². The van der Waals surface area contributed by atoms with Gasteiger partial charge in [-0.1, -0.05) is 42.0 Å². The Kier molecular flexibility index (Phi) is 7.38. The van der Waals surface area contributed by atoms with E-state index in [0.29, 0.717) is 13.0 Å². The molecule has 0 heterocycles. The van der Waals surface area contributed by atoms with Crippen LogP contribution >= 0.6 is 0 Å². The van der Waals surface area contributed by atoms with Crippen molar-refractivity contribution in [3.05, 3.63) is 65.2 Å². The maximum Gasteiger partial charge on any atom is 0.235 e. The van der Waals surface area contributed by atoms with E-state index in [2.05, 4.69) is 5.32 Å². The fourth-order valence-corrected chi connectivity index (χ4v) is 3.31. The van der Waals surface area contributed by atoms with Crippen LogP contribution in [-0.2, 0) is 27.8 Å². The van der Waals surface area contributed by atoms with Gasteiger partial charge in [-0.25, -0.2) is 8.42 Å². The molecule has 0 bridgehead atoms. The number of amides is 1. The highest BCUT2D eigenvalue weighted by molar-refractivity contribution is 7.88. The smallest absolute Gasteiger partial charge is 0.235 e. The van der Waals surface area contributed by atoms with E-state index in [4.69, 9.17) is 4.74 Å². The lowest BCUT2D eigenvalue weighted by Crippen LogP contribution is -2.41. The summed E-state index contributed by atoms with van der Waals surface area (Å²) in [6.07, 6.45) is 1.64. The molecule has 0 radical (unpaired) electrons. The van der Waals surface area contributed by atoms with E-state index in [1.165, 1.54) is 4.31 Å². The zero-order valence-electron chi connectivity index (χ0n) is 15.9. The van der Waals surface area contributed by atoms with Gasteiger partial charge in [0.15, 0.2) is 0 Å². The topological polar surface area (TPSA) is 75.7 Å². The Balaban J connectivity index is 1.90. The van der Waals surface area contributed by atoms with E-state index in [0.717, 1.165) is 28.7 Å². The monoisotopic (exact) mass is 390 g/mol. The molecule has 0 atom stereocenters. The summed E-state index contributed by atoms with van der Waals surface area (Å²) in [6.45, 7) is 2.41. The average Bonchev–Trinajstić information content (AvgIpc) is 2.64. The van der Waals surface area contributed by atoms with Crippen molar-refractivity contribution in [3.8, 4) is 5.75 Å². The third-order valence-electron chi connectivity index (χ3n) is 4.21. The highest BCUT2D eigenvalue weighted by atomic mass is 32.2. The number of rotatable bonds is 9. The Hall–Kier alpha value is -2.38. The lowest BCUT2D eigenvalue weighted by molar-refractivity contribution is -0.121. The van der Waals surface area contributed by atoms with E-state index in [1.807, 2.05) is 55.5 Å². The summed E-state index contributed by atoms with van der Waals surface area (Å²) >= 11 is 0. The molecule has 2 aromatic rings. The van der Waals surface area contributed by atoms with Crippen molar-refractivity contribution in [2.24, 2.45) is 0 Å². The molecule has 146 valence electrons. The molecule has 0 fully saturated rings. The molecule has 1 amide bonds. The summed E-state index contributed by atoms with van der Waals surface area (Å²) in [7, 11) is -1.89. The summed E-state index contributed by atoms with van der Waals surface area (Å²) in [5.41, 5.74) is 3.09. The van der Waals surface area contributed by atoms with E-state index in [-0.39, 0.29) is 19.0 Å². The van der Waals surface area contributed by atoms with Crippen molar-refractivity contribution in [2.75, 3.05) is 26.5 Å². The summed E-state index contributed by atoms with van der Waals surface area (Å²) in [5.74, 6) is 0.421. The number of hydrogen-bond donors (Lipinski definition) is 1. The molecular formula is C20H26N2O4S. The van der Waals surface area contributed by atoms with Gasteiger partial charge < -0.3 is 10.1 Å². The molecule has 6 nitrogen and oxygen atoms in total. The highest BCUT2D eigenvalue weighted by Crippen LogP contribution is 2.12. The molecule has 0 aromatic heterocycles. The second-order valence-corrected chi connectivity index (χ2v) is 8.44. The Bertz CT molecular complexity index is 847. The van der Waals surface area contributed by atoms with Crippen molar-refractivity contribution < 1.29 is 17.9 Å². The molecule has 0 saturated carbocycles. The van der Waals surface area contributed by atoms with E-state index in [1.54, 1.807) is 7.11 Å². The third kappa shape index (κ3) is 7.03. The first-order chi connectivity index (χ1) is 12.8. The Morgan fingerprint density at radius 3 is 2.19 bits per heavy atom. The van der Waals surface area contributed by atoms with Crippen molar-refractivity contribution >= 4 is 15.9 Å². The van der Waals surface area contributed by atoms with Crippen LogP contribution in [0, 0.1) is 6.92 Å². The Morgan fingerprint density at radius 1 is 1.04 bits per heavy atom. The highest BCUT2D eigenvalue weighted by Gasteiger charge is 2.19. The van der Waals surface area contributed by atoms with Crippen LogP contribution in [0.2, 0.25) is 0 Å². The zero-order valence-corrected chi connectivity index (χ0v) is 16.8. The van der Waals surface area contributed by atoms with Gasteiger partial charge in [-0.05, 0) is 36.6 Å². The molecule has 0 aliphatic heterocycles. The minimum atomic E-state index is -3.48. The first kappa shape index (κ1) is 20.9. The molecule has 0 aliphatic carbocycles. The fraction of sp³-hybridized carbons (Fsp3) is 0.350. The number of carbonyl (C=O) groups is 1. The first-order valence-corrected chi connectivity index (χ1v) is 10.5. The average molecular weight is 391 g/mol. The molecule has 27 heavy (non-hydrogen) atoms. The van der Waals surface area contributed by atoms with Crippen LogP contribution in [0.1, 0.15) is 16.7 Å². The summed E-state index contributed by atoms with van der Waals surface area (Å²) in [5, 5.41) is 2.77. The molecule has 1 N–H and O–H groups in total. The normalized spacial score (nSPS) is 11.4. The number of nitrogens with one attached hydrogen (secondary N) is 1. The zero-order chi connectivity index (χ0) is 19.9. The van der Waals surface area contributed by atoms with E-state index < -0.39 is 10.0 Å². The Morgan fingerprint density at radius 2 is 1.63 bits per heavy atom. The summed E-state index contributed by atoms with van der Waals surface area (Å²) < 4.78 is 30.4. The lowest BCUT2D eigenvalue weighted by atomic mass is 10.1. The molecule has 2 aromatic carbocycles. The maximum absolute atomic E-state index is 12.2. The van der Waals surface area contributed by atoms with Crippen LogP contribution in [0.15, 0.2) is 48.5 Å². The molecule has 0 aliphatic rings. The van der Waals surface area contributed by atoms with Crippen LogP contribution in [0.4, 0.5) is 0 Å². The predicted molar refractivity (Wildman–Crippen MR) is 106 cm³/mol. The summed E-state index contributed by atoms with van der Waals surface area (Å²) in [6, 6.07) is 15.2. The van der Waals surface area contributed by atoms with Crippen LogP contribution < -0.4 is 10.1 Å². The molecule has 0 unspecified atom stereocenters. The van der Waals surface area contributed by atoms with Gasteiger partial charge in [-0.15, -0.1) is 0 Å².